The number of amides is 2. The highest BCUT2D eigenvalue weighted by molar-refractivity contribution is 6.06. The van der Waals surface area contributed by atoms with Gasteiger partial charge in [0.2, 0.25) is 5.91 Å². The number of carbonyl (C=O) groups excluding carboxylic acids is 3. The quantitative estimate of drug-likeness (QED) is 0.623. The maximum Gasteiger partial charge on any atom is 0.315 e. The van der Waals surface area contributed by atoms with E-state index in [1.165, 1.54) is 30.3 Å². The van der Waals surface area contributed by atoms with Gasteiger partial charge in [-0.25, -0.2) is 4.39 Å². The molecular formula is C18H17FN2O4. The van der Waals surface area contributed by atoms with Crippen LogP contribution < -0.4 is 10.6 Å². The summed E-state index contributed by atoms with van der Waals surface area (Å²) in [4.78, 5) is 35.2. The molecule has 2 N–H and O–H groups in total. The largest absolute Gasteiger partial charge is 0.466 e. The van der Waals surface area contributed by atoms with Crippen molar-refractivity contribution in [3.8, 4) is 0 Å². The van der Waals surface area contributed by atoms with Crippen LogP contribution in [-0.2, 0) is 14.3 Å². The van der Waals surface area contributed by atoms with Crippen molar-refractivity contribution < 1.29 is 23.5 Å². The van der Waals surface area contributed by atoms with Crippen LogP contribution in [0.1, 0.15) is 23.7 Å². The van der Waals surface area contributed by atoms with Crippen LogP contribution in [0, 0.1) is 5.82 Å². The van der Waals surface area contributed by atoms with Gasteiger partial charge in [-0.2, -0.15) is 0 Å². The third kappa shape index (κ3) is 5.72. The lowest BCUT2D eigenvalue weighted by atomic mass is 10.1. The van der Waals surface area contributed by atoms with Crippen molar-refractivity contribution >= 4 is 29.2 Å². The lowest BCUT2D eigenvalue weighted by Gasteiger charge is -2.08. The van der Waals surface area contributed by atoms with Gasteiger partial charge in [-0.3, -0.25) is 14.4 Å². The molecule has 0 aliphatic rings. The summed E-state index contributed by atoms with van der Waals surface area (Å²) in [5.41, 5.74) is 1.13. The van der Waals surface area contributed by atoms with Gasteiger partial charge in [0.1, 0.15) is 12.2 Å². The van der Waals surface area contributed by atoms with Crippen LogP contribution in [0.25, 0.3) is 0 Å². The first kappa shape index (κ1) is 18.1. The molecule has 2 aromatic rings. The summed E-state index contributed by atoms with van der Waals surface area (Å²) < 4.78 is 17.6. The first-order valence-electron chi connectivity index (χ1n) is 7.60. The Hall–Kier alpha value is -3.22. The average molecular weight is 344 g/mol. The first-order chi connectivity index (χ1) is 12.0. The van der Waals surface area contributed by atoms with Crippen molar-refractivity contribution in [2.24, 2.45) is 0 Å². The second kappa shape index (κ2) is 8.58. The van der Waals surface area contributed by atoms with Gasteiger partial charge in [0.25, 0.3) is 5.91 Å². The minimum absolute atomic E-state index is 0.200. The van der Waals surface area contributed by atoms with Crippen molar-refractivity contribution in [3.63, 3.8) is 0 Å². The second-order valence-corrected chi connectivity index (χ2v) is 5.07. The molecular weight excluding hydrogens is 327 g/mol. The Morgan fingerprint density at radius 1 is 1.00 bits per heavy atom. The molecule has 0 aliphatic carbocycles. The fraction of sp³-hybridized carbons (Fsp3) is 0.167. The molecule has 2 rings (SSSR count). The number of anilines is 2. The molecule has 0 heterocycles. The molecule has 7 heteroatoms. The zero-order valence-electron chi connectivity index (χ0n) is 13.5. The topological polar surface area (TPSA) is 84.5 Å². The Morgan fingerprint density at radius 3 is 2.40 bits per heavy atom. The normalized spacial score (nSPS) is 10.0. The summed E-state index contributed by atoms with van der Waals surface area (Å²) in [7, 11) is 0. The number of benzene rings is 2. The van der Waals surface area contributed by atoms with E-state index in [9.17, 15) is 18.8 Å². The summed E-state index contributed by atoms with van der Waals surface area (Å²) in [6.45, 7) is 1.85. The summed E-state index contributed by atoms with van der Waals surface area (Å²) in [6.07, 6.45) is -0.403. The lowest BCUT2D eigenvalue weighted by Crippen LogP contribution is -2.18. The Morgan fingerprint density at radius 2 is 1.72 bits per heavy atom. The highest BCUT2D eigenvalue weighted by Gasteiger charge is 2.12. The molecule has 130 valence electrons. The summed E-state index contributed by atoms with van der Waals surface area (Å²) in [5, 5.41) is 5.15. The van der Waals surface area contributed by atoms with Crippen molar-refractivity contribution in [3.05, 3.63) is 59.9 Å². The van der Waals surface area contributed by atoms with Crippen molar-refractivity contribution in [1.29, 1.82) is 0 Å². The van der Waals surface area contributed by atoms with E-state index in [2.05, 4.69) is 10.6 Å². The molecule has 0 unspecified atom stereocenters. The predicted molar refractivity (Wildman–Crippen MR) is 90.7 cm³/mol. The maximum absolute atomic E-state index is 12.9. The Bertz CT molecular complexity index is 775. The summed E-state index contributed by atoms with van der Waals surface area (Å²) in [5.74, 6) is -1.96. The van der Waals surface area contributed by atoms with Gasteiger partial charge in [0, 0.05) is 16.9 Å². The van der Waals surface area contributed by atoms with E-state index in [-0.39, 0.29) is 6.61 Å². The van der Waals surface area contributed by atoms with Crippen LogP contribution >= 0.6 is 0 Å². The number of carbonyl (C=O) groups is 3. The standard InChI is InChI=1S/C18H17FN2O4/c1-2-25-17(23)11-16(22)20-15-5-3-4-12(10-15)18(24)21-14-8-6-13(19)7-9-14/h3-10H,2,11H2,1H3,(H,20,22)(H,21,24). The third-order valence-corrected chi connectivity index (χ3v) is 3.12. The van der Waals surface area contributed by atoms with E-state index in [4.69, 9.17) is 4.74 Å². The van der Waals surface area contributed by atoms with E-state index in [0.29, 0.717) is 16.9 Å². The number of ether oxygens (including phenoxy) is 1. The second-order valence-electron chi connectivity index (χ2n) is 5.07. The smallest absolute Gasteiger partial charge is 0.315 e. The minimum Gasteiger partial charge on any atom is -0.466 e. The van der Waals surface area contributed by atoms with Gasteiger partial charge in [0.15, 0.2) is 0 Å². The van der Waals surface area contributed by atoms with Crippen LogP contribution in [0.4, 0.5) is 15.8 Å². The van der Waals surface area contributed by atoms with E-state index < -0.39 is 30.0 Å². The number of rotatable bonds is 6. The number of halogens is 1. The summed E-state index contributed by atoms with van der Waals surface area (Å²) >= 11 is 0. The van der Waals surface area contributed by atoms with E-state index >= 15 is 0 Å². The third-order valence-electron chi connectivity index (χ3n) is 3.12. The van der Waals surface area contributed by atoms with Crippen LogP contribution in [0.5, 0.6) is 0 Å². The van der Waals surface area contributed by atoms with Crippen LogP contribution in [-0.4, -0.2) is 24.4 Å². The fourth-order valence-electron chi connectivity index (χ4n) is 2.02. The van der Waals surface area contributed by atoms with Crippen molar-refractivity contribution in [2.75, 3.05) is 17.2 Å². The Balaban J connectivity index is 2.00. The first-order valence-corrected chi connectivity index (χ1v) is 7.60. The molecule has 25 heavy (non-hydrogen) atoms. The molecule has 6 nitrogen and oxygen atoms in total. The molecule has 0 aliphatic heterocycles. The highest BCUT2D eigenvalue weighted by Crippen LogP contribution is 2.14. The maximum atomic E-state index is 12.9. The van der Waals surface area contributed by atoms with E-state index in [0.717, 1.165) is 0 Å². The Kier molecular flexibility index (Phi) is 6.22. The van der Waals surface area contributed by atoms with Gasteiger partial charge in [-0.15, -0.1) is 0 Å². The number of hydrogen-bond acceptors (Lipinski definition) is 4. The van der Waals surface area contributed by atoms with Gasteiger partial charge in [0.05, 0.1) is 6.61 Å². The van der Waals surface area contributed by atoms with Gasteiger partial charge in [-0.1, -0.05) is 6.07 Å². The molecule has 0 radical (unpaired) electrons. The molecule has 0 aromatic heterocycles. The molecule has 0 fully saturated rings. The highest BCUT2D eigenvalue weighted by atomic mass is 19.1. The molecule has 0 bridgehead atoms. The fourth-order valence-corrected chi connectivity index (χ4v) is 2.02. The van der Waals surface area contributed by atoms with Crippen LogP contribution in [0.2, 0.25) is 0 Å². The Labute approximate surface area is 144 Å². The SMILES string of the molecule is CCOC(=O)CC(=O)Nc1cccc(C(=O)Nc2ccc(F)cc2)c1. The number of esters is 1. The molecule has 0 saturated carbocycles. The molecule has 0 spiro atoms. The van der Waals surface area contributed by atoms with Gasteiger partial charge < -0.3 is 15.4 Å². The van der Waals surface area contributed by atoms with Crippen LogP contribution in [0.3, 0.4) is 0 Å². The molecule has 2 aromatic carbocycles. The molecule has 0 atom stereocenters. The van der Waals surface area contributed by atoms with Gasteiger partial charge in [-0.05, 0) is 49.4 Å². The molecule has 0 saturated heterocycles. The molecule has 2 amide bonds. The number of nitrogens with one attached hydrogen (secondary N) is 2. The van der Waals surface area contributed by atoms with Crippen molar-refractivity contribution in [2.45, 2.75) is 13.3 Å². The van der Waals surface area contributed by atoms with Gasteiger partial charge >= 0.3 is 5.97 Å². The number of hydrogen-bond donors (Lipinski definition) is 2. The predicted octanol–water partition coefficient (Wildman–Crippen LogP) is 2.97. The zero-order chi connectivity index (χ0) is 18.2. The summed E-state index contributed by atoms with van der Waals surface area (Å²) in [6, 6.07) is 11.6. The lowest BCUT2D eigenvalue weighted by molar-refractivity contribution is -0.145. The van der Waals surface area contributed by atoms with E-state index in [1.54, 1.807) is 25.1 Å². The monoisotopic (exact) mass is 344 g/mol. The average Bonchev–Trinajstić information content (AvgIpc) is 2.57. The zero-order valence-corrected chi connectivity index (χ0v) is 13.5. The van der Waals surface area contributed by atoms with Crippen LogP contribution in [0.15, 0.2) is 48.5 Å². The van der Waals surface area contributed by atoms with Crippen molar-refractivity contribution in [1.82, 2.24) is 0 Å². The van der Waals surface area contributed by atoms with E-state index in [1.807, 2.05) is 0 Å². The minimum atomic E-state index is -0.620.